The second kappa shape index (κ2) is 10.7. The summed E-state index contributed by atoms with van der Waals surface area (Å²) in [5, 5.41) is 2.64. The second-order valence-corrected chi connectivity index (χ2v) is 8.51. The minimum Gasteiger partial charge on any atom is -0.466 e. The van der Waals surface area contributed by atoms with Gasteiger partial charge in [0.2, 0.25) is 15.9 Å². The van der Waals surface area contributed by atoms with Crippen molar-refractivity contribution in [2.24, 2.45) is 0 Å². The Labute approximate surface area is 161 Å². The number of amides is 1. The monoisotopic (exact) mass is 443 g/mol. The quantitative estimate of drug-likeness (QED) is 0.288. The van der Waals surface area contributed by atoms with E-state index in [0.717, 1.165) is 23.7 Å². The number of carbonyl (C=O) groups excluding carboxylic acids is 1. The molecule has 1 amide bonds. The number of carbonyl (C=O) groups is 1. The molecule has 0 heterocycles. The Balaban J connectivity index is 2.51. The third kappa shape index (κ3) is 9.04. The molecule has 1 aromatic rings. The van der Waals surface area contributed by atoms with E-state index in [9.17, 15) is 4.79 Å². The largest absolute Gasteiger partial charge is 0.466 e. The van der Waals surface area contributed by atoms with Gasteiger partial charge in [0.05, 0.1) is 0 Å². The molecule has 1 rings (SSSR count). The van der Waals surface area contributed by atoms with Crippen LogP contribution in [0.15, 0.2) is 28.7 Å². The van der Waals surface area contributed by atoms with Crippen molar-refractivity contribution in [3.63, 3.8) is 0 Å². The van der Waals surface area contributed by atoms with E-state index in [4.69, 9.17) is 39.5 Å². The molecule has 0 fully saturated rings. The predicted octanol–water partition coefficient (Wildman–Crippen LogP) is 6.00. The number of nitrogens with one attached hydrogen (secondary N) is 1. The first-order valence-electron chi connectivity index (χ1n) is 7.61. The molecule has 0 aliphatic rings. The number of ether oxygens (including phenoxy) is 1. The molecule has 0 spiro atoms. The Kier molecular flexibility index (Phi) is 9.67. The lowest BCUT2D eigenvalue weighted by Gasteiger charge is -2.26. The third-order valence-corrected chi connectivity index (χ3v) is 4.29. The Hall–Kier alpha value is -0.160. The van der Waals surface area contributed by atoms with E-state index < -0.39 is 10.0 Å². The molecule has 1 atom stereocenters. The summed E-state index contributed by atoms with van der Waals surface area (Å²) in [6, 6.07) is 7.06. The molecule has 0 saturated carbocycles. The van der Waals surface area contributed by atoms with Crippen LogP contribution >= 0.6 is 50.7 Å². The average molecular weight is 446 g/mol. The van der Waals surface area contributed by atoms with Crippen LogP contribution in [0.5, 0.6) is 5.75 Å². The molecule has 0 radical (unpaired) electrons. The van der Waals surface area contributed by atoms with Crippen LogP contribution in [0, 0.1) is 0 Å². The Bertz CT molecular complexity index is 477. The summed E-state index contributed by atoms with van der Waals surface area (Å²) in [7, 11) is 0. The zero-order valence-corrected chi connectivity index (χ0v) is 16.8. The Morgan fingerprint density at radius 2 is 1.78 bits per heavy atom. The van der Waals surface area contributed by atoms with Gasteiger partial charge in [-0.05, 0) is 30.7 Å². The average Bonchev–Trinajstić information content (AvgIpc) is 2.47. The summed E-state index contributed by atoms with van der Waals surface area (Å²) in [6.45, 7) is 2.15. The van der Waals surface area contributed by atoms with Crippen LogP contribution in [-0.4, -0.2) is 15.9 Å². The first kappa shape index (κ1) is 20.9. The van der Waals surface area contributed by atoms with Crippen LogP contribution in [0.2, 0.25) is 0 Å². The highest BCUT2D eigenvalue weighted by Crippen LogP contribution is 2.32. The maximum Gasteiger partial charge on any atom is 0.246 e. The molecule has 0 aliphatic heterocycles. The molecule has 0 saturated heterocycles. The van der Waals surface area contributed by atoms with Gasteiger partial charge < -0.3 is 10.1 Å². The smallest absolute Gasteiger partial charge is 0.246 e. The standard InChI is InChI=1S/C16H21BrCl3NO2/c1-2-3-4-5-6-7-14(22)21-15(16(18,19)20)23-13-10-8-12(17)9-11-13/h8-11,15H,2-7H2,1H3,(H,21,22)/t15-/m1/s1. The number of hydrogen-bond donors (Lipinski definition) is 1. The van der Waals surface area contributed by atoms with Crippen molar-refractivity contribution >= 4 is 56.6 Å². The van der Waals surface area contributed by atoms with Crippen molar-refractivity contribution in [2.75, 3.05) is 0 Å². The summed E-state index contributed by atoms with van der Waals surface area (Å²) in [6.07, 6.45) is 4.67. The fraction of sp³-hybridized carbons (Fsp3) is 0.562. The van der Waals surface area contributed by atoms with E-state index in [1.165, 1.54) is 12.8 Å². The highest BCUT2D eigenvalue weighted by atomic mass is 79.9. The minimum atomic E-state index is -1.76. The molecular formula is C16H21BrCl3NO2. The predicted molar refractivity (Wildman–Crippen MR) is 100 cm³/mol. The van der Waals surface area contributed by atoms with E-state index >= 15 is 0 Å². The van der Waals surface area contributed by atoms with E-state index in [1.807, 2.05) is 0 Å². The first-order chi connectivity index (χ1) is 10.8. The van der Waals surface area contributed by atoms with Crippen molar-refractivity contribution in [1.29, 1.82) is 0 Å². The molecule has 1 aromatic carbocycles. The lowest BCUT2D eigenvalue weighted by Crippen LogP contribution is -2.47. The van der Waals surface area contributed by atoms with Gasteiger partial charge in [-0.25, -0.2) is 0 Å². The summed E-state index contributed by atoms with van der Waals surface area (Å²) < 4.78 is 4.75. The Morgan fingerprint density at radius 1 is 1.17 bits per heavy atom. The topological polar surface area (TPSA) is 38.3 Å². The summed E-state index contributed by atoms with van der Waals surface area (Å²) >= 11 is 21.1. The van der Waals surface area contributed by atoms with Gasteiger partial charge in [-0.3, -0.25) is 4.79 Å². The Morgan fingerprint density at radius 3 is 2.35 bits per heavy atom. The van der Waals surface area contributed by atoms with Gasteiger partial charge in [-0.15, -0.1) is 0 Å². The van der Waals surface area contributed by atoms with Crippen molar-refractivity contribution in [1.82, 2.24) is 5.32 Å². The number of alkyl halides is 3. The molecule has 1 N–H and O–H groups in total. The zero-order valence-electron chi connectivity index (χ0n) is 13.0. The van der Waals surface area contributed by atoms with Crippen molar-refractivity contribution in [3.8, 4) is 5.75 Å². The molecule has 0 aliphatic carbocycles. The first-order valence-corrected chi connectivity index (χ1v) is 9.54. The number of unbranched alkanes of at least 4 members (excludes halogenated alkanes) is 4. The fourth-order valence-electron chi connectivity index (χ4n) is 1.93. The van der Waals surface area contributed by atoms with E-state index in [-0.39, 0.29) is 5.91 Å². The van der Waals surface area contributed by atoms with Crippen molar-refractivity contribution in [2.45, 2.75) is 55.5 Å². The van der Waals surface area contributed by atoms with E-state index in [1.54, 1.807) is 24.3 Å². The van der Waals surface area contributed by atoms with Crippen LogP contribution in [0.4, 0.5) is 0 Å². The lowest BCUT2D eigenvalue weighted by atomic mass is 10.1. The number of hydrogen-bond acceptors (Lipinski definition) is 2. The van der Waals surface area contributed by atoms with Crippen LogP contribution in [0.25, 0.3) is 0 Å². The highest BCUT2D eigenvalue weighted by Gasteiger charge is 2.36. The van der Waals surface area contributed by atoms with Gasteiger partial charge in [0.15, 0.2) is 0 Å². The van der Waals surface area contributed by atoms with Crippen molar-refractivity contribution in [3.05, 3.63) is 28.7 Å². The van der Waals surface area contributed by atoms with E-state index in [2.05, 4.69) is 28.2 Å². The molecule has 0 aromatic heterocycles. The second-order valence-electron chi connectivity index (χ2n) is 5.23. The normalized spacial score (nSPS) is 12.7. The van der Waals surface area contributed by atoms with Gasteiger partial charge in [0.1, 0.15) is 5.75 Å². The zero-order chi connectivity index (χ0) is 17.3. The molecule has 7 heteroatoms. The molecule has 23 heavy (non-hydrogen) atoms. The van der Waals surface area contributed by atoms with Gasteiger partial charge in [0, 0.05) is 10.9 Å². The fourth-order valence-corrected chi connectivity index (χ4v) is 2.50. The number of rotatable bonds is 9. The van der Waals surface area contributed by atoms with Gasteiger partial charge in [0.25, 0.3) is 0 Å². The van der Waals surface area contributed by atoms with Crippen LogP contribution < -0.4 is 10.1 Å². The summed E-state index contributed by atoms with van der Waals surface area (Å²) in [4.78, 5) is 12.0. The molecule has 0 unspecified atom stereocenters. The molecular weight excluding hydrogens is 424 g/mol. The van der Waals surface area contributed by atoms with E-state index in [0.29, 0.717) is 12.2 Å². The third-order valence-electron chi connectivity index (χ3n) is 3.16. The van der Waals surface area contributed by atoms with Crippen molar-refractivity contribution < 1.29 is 9.53 Å². The lowest BCUT2D eigenvalue weighted by molar-refractivity contribution is -0.123. The van der Waals surface area contributed by atoms with Crippen LogP contribution in [0.3, 0.4) is 0 Å². The van der Waals surface area contributed by atoms with Gasteiger partial charge in [-0.1, -0.05) is 83.3 Å². The minimum absolute atomic E-state index is 0.185. The number of halogens is 4. The maximum atomic E-state index is 12.0. The van der Waals surface area contributed by atoms with Crippen LogP contribution in [0.1, 0.15) is 45.4 Å². The molecule has 0 bridgehead atoms. The summed E-state index contributed by atoms with van der Waals surface area (Å²) in [5.41, 5.74) is 0. The van der Waals surface area contributed by atoms with Gasteiger partial charge >= 0.3 is 0 Å². The molecule has 130 valence electrons. The molecule has 3 nitrogen and oxygen atoms in total. The van der Waals surface area contributed by atoms with Crippen LogP contribution in [-0.2, 0) is 4.79 Å². The maximum absolute atomic E-state index is 12.0. The highest BCUT2D eigenvalue weighted by molar-refractivity contribution is 9.10. The SMILES string of the molecule is CCCCCCCC(=O)N[C@H](Oc1ccc(Br)cc1)C(Cl)(Cl)Cl. The van der Waals surface area contributed by atoms with Gasteiger partial charge in [-0.2, -0.15) is 0 Å². The summed E-state index contributed by atoms with van der Waals surface area (Å²) in [5.74, 6) is 0.322. The number of benzene rings is 1.